The molecule has 4 heterocycles. The number of hydrogen-bond acceptors (Lipinski definition) is 10. The molecule has 10 nitrogen and oxygen atoms in total. The molecule has 1 saturated carbocycles. The zero-order chi connectivity index (χ0) is 26.3. The Labute approximate surface area is 224 Å². The Kier molecular flexibility index (Phi) is 9.66. The molecule has 2 atom stereocenters. The molecule has 0 aromatic carbocycles. The average Bonchev–Trinajstić information content (AvgIpc) is 3.55. The molecule has 2 unspecified atom stereocenters. The summed E-state index contributed by atoms with van der Waals surface area (Å²) < 4.78 is 5.93. The SMILES string of the molecule is CC.CC1(C)CCC(N2CCOC(CC(=O)Nc3nnc(NC4CCN(c5cccnn5)C4)s3)C2)CC1. The number of anilines is 3. The average molecular weight is 531 g/mol. The van der Waals surface area contributed by atoms with E-state index in [1.165, 1.54) is 37.0 Å². The number of morpholine rings is 1. The molecule has 2 aliphatic heterocycles. The van der Waals surface area contributed by atoms with E-state index in [0.29, 0.717) is 34.7 Å². The first-order chi connectivity index (χ1) is 17.9. The molecule has 2 N–H and O–H groups in total. The van der Waals surface area contributed by atoms with Crippen molar-refractivity contribution >= 4 is 33.3 Å². The third-order valence-corrected chi connectivity index (χ3v) is 8.25. The molecule has 1 amide bonds. The second kappa shape index (κ2) is 12.9. The van der Waals surface area contributed by atoms with Gasteiger partial charge in [0.25, 0.3) is 0 Å². The fraction of sp³-hybridized carbons (Fsp3) is 0.731. The van der Waals surface area contributed by atoms with Gasteiger partial charge in [0, 0.05) is 44.5 Å². The van der Waals surface area contributed by atoms with E-state index in [1.54, 1.807) is 6.20 Å². The molecule has 2 saturated heterocycles. The van der Waals surface area contributed by atoms with Crippen molar-refractivity contribution in [1.29, 1.82) is 0 Å². The zero-order valence-corrected chi connectivity index (χ0v) is 23.5. The Bertz CT molecular complexity index is 978. The summed E-state index contributed by atoms with van der Waals surface area (Å²) in [5.74, 6) is 0.817. The lowest BCUT2D eigenvalue weighted by Gasteiger charge is -2.43. The van der Waals surface area contributed by atoms with Crippen LogP contribution in [0.2, 0.25) is 0 Å². The molecule has 37 heavy (non-hydrogen) atoms. The normalized spacial score (nSPS) is 24.3. The molecule has 2 aromatic heterocycles. The topological polar surface area (TPSA) is 108 Å². The smallest absolute Gasteiger partial charge is 0.228 e. The first-order valence-corrected chi connectivity index (χ1v) is 14.5. The summed E-state index contributed by atoms with van der Waals surface area (Å²) in [6.07, 6.45) is 7.95. The summed E-state index contributed by atoms with van der Waals surface area (Å²) in [6.45, 7) is 13.0. The van der Waals surface area contributed by atoms with Crippen LogP contribution >= 0.6 is 11.3 Å². The van der Waals surface area contributed by atoms with E-state index in [2.05, 4.69) is 54.7 Å². The van der Waals surface area contributed by atoms with E-state index in [-0.39, 0.29) is 18.1 Å². The van der Waals surface area contributed by atoms with Gasteiger partial charge in [0.05, 0.1) is 19.1 Å². The van der Waals surface area contributed by atoms with Crippen molar-refractivity contribution in [3.63, 3.8) is 0 Å². The van der Waals surface area contributed by atoms with Crippen molar-refractivity contribution in [2.75, 3.05) is 48.3 Å². The van der Waals surface area contributed by atoms with Crippen molar-refractivity contribution in [3.05, 3.63) is 18.3 Å². The summed E-state index contributed by atoms with van der Waals surface area (Å²) in [5, 5.41) is 24.1. The minimum atomic E-state index is -0.0743. The first-order valence-electron chi connectivity index (χ1n) is 13.7. The van der Waals surface area contributed by atoms with Crippen LogP contribution in [0.25, 0.3) is 0 Å². The van der Waals surface area contributed by atoms with E-state index < -0.39 is 0 Å². The van der Waals surface area contributed by atoms with Crippen molar-refractivity contribution < 1.29 is 9.53 Å². The third kappa shape index (κ3) is 7.81. The van der Waals surface area contributed by atoms with Gasteiger partial charge in [-0.2, -0.15) is 5.10 Å². The van der Waals surface area contributed by atoms with Crippen LogP contribution in [-0.2, 0) is 9.53 Å². The van der Waals surface area contributed by atoms with Gasteiger partial charge in [0.15, 0.2) is 5.82 Å². The van der Waals surface area contributed by atoms with Crippen LogP contribution in [0.4, 0.5) is 16.1 Å². The Morgan fingerprint density at radius 1 is 1.11 bits per heavy atom. The minimum Gasteiger partial charge on any atom is -0.375 e. The van der Waals surface area contributed by atoms with Crippen LogP contribution in [0.15, 0.2) is 18.3 Å². The van der Waals surface area contributed by atoms with Crippen LogP contribution in [0, 0.1) is 5.41 Å². The minimum absolute atomic E-state index is 0.0704. The van der Waals surface area contributed by atoms with Crippen molar-refractivity contribution in [1.82, 2.24) is 25.3 Å². The number of carbonyl (C=O) groups excluding carboxylic acids is 1. The van der Waals surface area contributed by atoms with Crippen LogP contribution in [0.5, 0.6) is 0 Å². The number of hydrogen-bond donors (Lipinski definition) is 2. The number of rotatable bonds is 7. The van der Waals surface area contributed by atoms with Gasteiger partial charge in [-0.3, -0.25) is 9.69 Å². The van der Waals surface area contributed by atoms with E-state index in [0.717, 1.165) is 38.4 Å². The quantitative estimate of drug-likeness (QED) is 0.548. The number of nitrogens with zero attached hydrogens (tertiary/aromatic N) is 6. The van der Waals surface area contributed by atoms with Gasteiger partial charge in [0.2, 0.25) is 16.2 Å². The second-order valence-electron chi connectivity index (χ2n) is 10.7. The molecule has 11 heteroatoms. The summed E-state index contributed by atoms with van der Waals surface area (Å²) in [7, 11) is 0. The summed E-state index contributed by atoms with van der Waals surface area (Å²) >= 11 is 1.37. The van der Waals surface area contributed by atoms with Gasteiger partial charge in [-0.05, 0) is 49.7 Å². The van der Waals surface area contributed by atoms with Gasteiger partial charge in [0.1, 0.15) is 0 Å². The monoisotopic (exact) mass is 530 g/mol. The summed E-state index contributed by atoms with van der Waals surface area (Å²) in [4.78, 5) is 17.4. The molecule has 1 aliphatic carbocycles. The summed E-state index contributed by atoms with van der Waals surface area (Å²) in [5.41, 5.74) is 0.464. The largest absolute Gasteiger partial charge is 0.375 e. The fourth-order valence-electron chi connectivity index (χ4n) is 5.38. The highest BCUT2D eigenvalue weighted by molar-refractivity contribution is 7.19. The van der Waals surface area contributed by atoms with Gasteiger partial charge in [-0.25, -0.2) is 0 Å². The standard InChI is InChI=1S/C24H36N8O2S.C2H6/c1-24(2)8-5-18(6-9-24)31-12-13-34-19(16-31)14-21(33)27-23-30-29-22(35-23)26-17-7-11-32(15-17)20-4-3-10-25-28-20;1-2/h3-4,10,17-19H,5-9,11-16H2,1-2H3,(H,26,29)(H,27,30,33);1-2H3. The van der Waals surface area contributed by atoms with Gasteiger partial charge >= 0.3 is 0 Å². The first kappa shape index (κ1) is 27.7. The van der Waals surface area contributed by atoms with Crippen molar-refractivity contribution in [2.45, 2.75) is 84.4 Å². The number of aromatic nitrogens is 4. The highest BCUT2D eigenvalue weighted by Crippen LogP contribution is 2.37. The number of carbonyl (C=O) groups is 1. The number of ether oxygens (including phenoxy) is 1. The molecular weight excluding hydrogens is 488 g/mol. The lowest BCUT2D eigenvalue weighted by Crippen LogP contribution is -2.50. The summed E-state index contributed by atoms with van der Waals surface area (Å²) in [6, 6.07) is 4.74. The van der Waals surface area contributed by atoms with Crippen molar-refractivity contribution in [2.24, 2.45) is 5.41 Å². The molecule has 5 rings (SSSR count). The fourth-order valence-corrected chi connectivity index (χ4v) is 6.12. The lowest BCUT2D eigenvalue weighted by atomic mass is 9.75. The molecule has 204 valence electrons. The van der Waals surface area contributed by atoms with E-state index in [4.69, 9.17) is 4.74 Å². The third-order valence-electron chi connectivity index (χ3n) is 7.48. The molecule has 3 aliphatic rings. The Balaban J connectivity index is 0.00000156. The molecule has 3 fully saturated rings. The molecular formula is C26H42N8O2S. The maximum atomic E-state index is 12.7. The van der Waals surface area contributed by atoms with Crippen LogP contribution in [0.3, 0.4) is 0 Å². The molecule has 2 aromatic rings. The molecule has 0 bridgehead atoms. The highest BCUT2D eigenvalue weighted by Gasteiger charge is 2.33. The van der Waals surface area contributed by atoms with Crippen LogP contribution < -0.4 is 15.5 Å². The number of nitrogens with one attached hydrogen (secondary N) is 2. The Morgan fingerprint density at radius 3 is 2.65 bits per heavy atom. The van der Waals surface area contributed by atoms with E-state index in [9.17, 15) is 4.79 Å². The maximum absolute atomic E-state index is 12.7. The van der Waals surface area contributed by atoms with E-state index in [1.807, 2.05) is 26.0 Å². The predicted molar refractivity (Wildman–Crippen MR) is 148 cm³/mol. The van der Waals surface area contributed by atoms with Crippen LogP contribution in [0.1, 0.15) is 66.2 Å². The van der Waals surface area contributed by atoms with Gasteiger partial charge < -0.3 is 20.3 Å². The van der Waals surface area contributed by atoms with Gasteiger partial charge in [-0.15, -0.1) is 15.3 Å². The van der Waals surface area contributed by atoms with E-state index >= 15 is 0 Å². The maximum Gasteiger partial charge on any atom is 0.228 e. The molecule has 0 spiro atoms. The Morgan fingerprint density at radius 2 is 1.89 bits per heavy atom. The van der Waals surface area contributed by atoms with Crippen molar-refractivity contribution in [3.8, 4) is 0 Å². The zero-order valence-electron chi connectivity index (χ0n) is 22.7. The Hall–Kier alpha value is -2.37. The molecule has 0 radical (unpaired) electrons. The predicted octanol–water partition coefficient (Wildman–Crippen LogP) is 4.04. The van der Waals surface area contributed by atoms with Crippen LogP contribution in [-0.4, -0.2) is 82.2 Å². The lowest BCUT2D eigenvalue weighted by molar-refractivity contribution is -0.122. The number of amides is 1. The second-order valence-corrected chi connectivity index (χ2v) is 11.7. The highest BCUT2D eigenvalue weighted by atomic mass is 32.1. The van der Waals surface area contributed by atoms with Gasteiger partial charge in [-0.1, -0.05) is 39.0 Å².